The fraction of sp³-hybridized carbons (Fsp3) is 0.208. The van der Waals surface area contributed by atoms with Gasteiger partial charge in [0.15, 0.2) is 0 Å². The summed E-state index contributed by atoms with van der Waals surface area (Å²) in [7, 11) is 0. The lowest BCUT2D eigenvalue weighted by atomic mass is 10.00. The van der Waals surface area contributed by atoms with E-state index in [2.05, 4.69) is 10.3 Å². The highest BCUT2D eigenvalue weighted by Crippen LogP contribution is 2.26. The number of halogens is 1. The Morgan fingerprint density at radius 3 is 2.58 bits per heavy atom. The van der Waals surface area contributed by atoms with Crippen LogP contribution in [0.5, 0.6) is 5.75 Å². The Morgan fingerprint density at radius 2 is 1.97 bits per heavy atom. The summed E-state index contributed by atoms with van der Waals surface area (Å²) in [6.07, 6.45) is 1.48. The quantitative estimate of drug-likeness (QED) is 0.344. The molecule has 7 nitrogen and oxygen atoms in total. The number of aliphatic hydroxyl groups excluding tert-OH is 1. The fourth-order valence-electron chi connectivity index (χ4n) is 3.26. The van der Waals surface area contributed by atoms with E-state index in [0.29, 0.717) is 29.0 Å². The number of aromatic hydroxyl groups is 1. The van der Waals surface area contributed by atoms with Crippen molar-refractivity contribution < 1.29 is 24.9 Å². The number of aliphatic carboxylic acids is 1. The van der Waals surface area contributed by atoms with Gasteiger partial charge in [0.25, 0.3) is 5.91 Å². The van der Waals surface area contributed by atoms with Gasteiger partial charge in [0, 0.05) is 0 Å². The standard InChI is InChI=1S/C24H23ClN2O5S/c1-13-22(33-14(2)26-13)12-20(24(31)32)27-23(30)18-8-7-16(11-19(18)25)21(29)9-6-15-4-3-5-17(28)10-15/h3-5,7-8,10-12,21,28-29H,6,9H2,1-2H3,(H,27,30)(H,31,32). The Bertz CT molecular complexity index is 1220. The first-order valence-corrected chi connectivity index (χ1v) is 11.3. The Kier molecular flexibility index (Phi) is 7.86. The molecule has 1 unspecified atom stereocenters. The van der Waals surface area contributed by atoms with Crippen molar-refractivity contribution in [2.45, 2.75) is 32.8 Å². The topological polar surface area (TPSA) is 120 Å². The largest absolute Gasteiger partial charge is 0.508 e. The van der Waals surface area contributed by atoms with E-state index in [1.807, 2.05) is 13.0 Å². The van der Waals surface area contributed by atoms with Gasteiger partial charge in [-0.15, -0.1) is 11.3 Å². The van der Waals surface area contributed by atoms with Crippen LogP contribution in [0.4, 0.5) is 0 Å². The van der Waals surface area contributed by atoms with E-state index in [1.54, 1.807) is 31.2 Å². The first-order chi connectivity index (χ1) is 15.6. The predicted octanol–water partition coefficient (Wildman–Crippen LogP) is 4.64. The molecular formula is C24H23ClN2O5S. The zero-order valence-electron chi connectivity index (χ0n) is 18.0. The number of hydrogen-bond donors (Lipinski definition) is 4. The number of carboxylic acid groups (broad SMARTS) is 1. The number of thiazole rings is 1. The number of phenolic OH excluding ortho intramolecular Hbond substituents is 1. The molecule has 2 aromatic carbocycles. The molecule has 1 heterocycles. The molecule has 0 aliphatic rings. The second-order valence-corrected chi connectivity index (χ2v) is 9.11. The lowest BCUT2D eigenvalue weighted by Gasteiger charge is -2.13. The molecule has 1 atom stereocenters. The molecule has 0 fully saturated rings. The van der Waals surface area contributed by atoms with Crippen molar-refractivity contribution in [3.05, 3.63) is 85.5 Å². The highest BCUT2D eigenvalue weighted by molar-refractivity contribution is 7.12. The highest BCUT2D eigenvalue weighted by Gasteiger charge is 2.18. The summed E-state index contributed by atoms with van der Waals surface area (Å²) < 4.78 is 0. The number of nitrogens with one attached hydrogen (secondary N) is 1. The van der Waals surface area contributed by atoms with Gasteiger partial charge in [0.2, 0.25) is 0 Å². The maximum absolute atomic E-state index is 12.7. The summed E-state index contributed by atoms with van der Waals surface area (Å²) >= 11 is 7.60. The van der Waals surface area contributed by atoms with E-state index in [4.69, 9.17) is 11.6 Å². The van der Waals surface area contributed by atoms with Crippen molar-refractivity contribution >= 4 is 40.9 Å². The molecule has 172 valence electrons. The monoisotopic (exact) mass is 486 g/mol. The molecule has 0 radical (unpaired) electrons. The predicted molar refractivity (Wildman–Crippen MR) is 128 cm³/mol. The van der Waals surface area contributed by atoms with Crippen molar-refractivity contribution in [3.8, 4) is 5.75 Å². The van der Waals surface area contributed by atoms with Gasteiger partial charge in [0.05, 0.1) is 32.3 Å². The smallest absolute Gasteiger partial charge is 0.352 e. The molecule has 3 aromatic rings. The number of hydrogen-bond acceptors (Lipinski definition) is 6. The van der Waals surface area contributed by atoms with E-state index in [9.17, 15) is 24.9 Å². The number of aryl methyl sites for hydroxylation is 3. The third kappa shape index (κ3) is 6.41. The Labute approximate surface area is 200 Å². The number of aliphatic hydroxyl groups is 1. The average molecular weight is 487 g/mol. The fourth-order valence-corrected chi connectivity index (χ4v) is 4.40. The number of rotatable bonds is 8. The van der Waals surface area contributed by atoms with Gasteiger partial charge in [-0.05, 0) is 68.2 Å². The van der Waals surface area contributed by atoms with Gasteiger partial charge < -0.3 is 20.6 Å². The van der Waals surface area contributed by atoms with E-state index in [0.717, 1.165) is 10.6 Å². The number of carboxylic acids is 1. The molecule has 0 bridgehead atoms. The summed E-state index contributed by atoms with van der Waals surface area (Å²) in [5.74, 6) is -1.80. The molecule has 9 heteroatoms. The molecule has 0 spiro atoms. The van der Waals surface area contributed by atoms with E-state index < -0.39 is 18.0 Å². The normalized spacial score (nSPS) is 12.4. The summed E-state index contributed by atoms with van der Waals surface area (Å²) in [4.78, 5) is 29.2. The minimum Gasteiger partial charge on any atom is -0.508 e. The van der Waals surface area contributed by atoms with Gasteiger partial charge >= 0.3 is 5.97 Å². The molecule has 1 amide bonds. The van der Waals surface area contributed by atoms with E-state index in [-0.39, 0.29) is 22.0 Å². The molecule has 4 N–H and O–H groups in total. The maximum atomic E-state index is 12.7. The van der Waals surface area contributed by atoms with Crippen LogP contribution in [0.25, 0.3) is 6.08 Å². The average Bonchev–Trinajstić information content (AvgIpc) is 3.07. The van der Waals surface area contributed by atoms with Crippen molar-refractivity contribution in [3.63, 3.8) is 0 Å². The number of phenols is 1. The van der Waals surface area contributed by atoms with Crippen LogP contribution >= 0.6 is 22.9 Å². The number of carbonyl (C=O) groups excluding carboxylic acids is 1. The molecule has 1 aromatic heterocycles. The third-order valence-electron chi connectivity index (χ3n) is 4.93. The summed E-state index contributed by atoms with van der Waals surface area (Å²) in [6, 6.07) is 11.3. The molecular weight excluding hydrogens is 464 g/mol. The summed E-state index contributed by atoms with van der Waals surface area (Å²) in [5.41, 5.74) is 1.88. The third-order valence-corrected chi connectivity index (χ3v) is 6.27. The SMILES string of the molecule is Cc1nc(C)c(C=C(NC(=O)c2ccc(C(O)CCc3cccc(O)c3)cc2Cl)C(=O)O)s1. The van der Waals surface area contributed by atoms with Crippen molar-refractivity contribution in [2.24, 2.45) is 0 Å². The van der Waals surface area contributed by atoms with Gasteiger partial charge in [-0.2, -0.15) is 0 Å². The Hall–Kier alpha value is -3.20. The molecule has 33 heavy (non-hydrogen) atoms. The lowest BCUT2D eigenvalue weighted by molar-refractivity contribution is -0.132. The second-order valence-electron chi connectivity index (χ2n) is 7.46. The molecule has 0 saturated carbocycles. The van der Waals surface area contributed by atoms with E-state index >= 15 is 0 Å². The first kappa shape index (κ1) is 24.4. The van der Waals surface area contributed by atoms with Crippen molar-refractivity contribution in [1.29, 1.82) is 0 Å². The molecule has 0 aliphatic carbocycles. The van der Waals surface area contributed by atoms with Gasteiger partial charge in [-0.1, -0.05) is 29.8 Å². The molecule has 3 rings (SSSR count). The van der Waals surface area contributed by atoms with Crippen LogP contribution in [0.1, 0.15) is 49.6 Å². The van der Waals surface area contributed by atoms with Crippen LogP contribution < -0.4 is 5.32 Å². The number of carbonyl (C=O) groups is 2. The van der Waals surface area contributed by atoms with Crippen LogP contribution in [0.3, 0.4) is 0 Å². The number of amides is 1. The van der Waals surface area contributed by atoms with Gasteiger partial charge in [-0.3, -0.25) is 4.79 Å². The van der Waals surface area contributed by atoms with Crippen LogP contribution in [0.15, 0.2) is 48.2 Å². The summed E-state index contributed by atoms with van der Waals surface area (Å²) in [5, 5.41) is 32.8. The number of nitrogens with zero attached hydrogens (tertiary/aromatic N) is 1. The van der Waals surface area contributed by atoms with Crippen molar-refractivity contribution in [1.82, 2.24) is 10.3 Å². The highest BCUT2D eigenvalue weighted by atomic mass is 35.5. The zero-order chi connectivity index (χ0) is 24.1. The molecule has 0 saturated heterocycles. The van der Waals surface area contributed by atoms with Crippen LogP contribution in [-0.4, -0.2) is 32.2 Å². The lowest BCUT2D eigenvalue weighted by Crippen LogP contribution is -2.27. The zero-order valence-corrected chi connectivity index (χ0v) is 19.6. The number of aromatic nitrogens is 1. The van der Waals surface area contributed by atoms with E-state index in [1.165, 1.54) is 29.5 Å². The Morgan fingerprint density at radius 1 is 1.21 bits per heavy atom. The van der Waals surface area contributed by atoms with Gasteiger partial charge in [-0.25, -0.2) is 9.78 Å². The van der Waals surface area contributed by atoms with Gasteiger partial charge in [0.1, 0.15) is 11.4 Å². The second kappa shape index (κ2) is 10.6. The Balaban J connectivity index is 1.72. The van der Waals surface area contributed by atoms with Crippen LogP contribution in [0.2, 0.25) is 5.02 Å². The summed E-state index contributed by atoms with van der Waals surface area (Å²) in [6.45, 7) is 3.57. The maximum Gasteiger partial charge on any atom is 0.352 e. The van der Waals surface area contributed by atoms with Crippen molar-refractivity contribution in [2.75, 3.05) is 0 Å². The first-order valence-electron chi connectivity index (χ1n) is 10.1. The number of benzene rings is 2. The van der Waals surface area contributed by atoms with Crippen LogP contribution in [-0.2, 0) is 11.2 Å². The molecule has 0 aliphatic heterocycles. The minimum absolute atomic E-state index is 0.0879. The van der Waals surface area contributed by atoms with Crippen LogP contribution in [0, 0.1) is 13.8 Å². The minimum atomic E-state index is -1.29.